The second-order valence-corrected chi connectivity index (χ2v) is 21.9. The maximum Gasteiger partial charge on any atom is 0.261 e. The molecule has 0 bridgehead atoms. The van der Waals surface area contributed by atoms with Crippen molar-refractivity contribution >= 4 is 27.0 Å². The molecule has 0 unspecified atom stereocenters. The Balaban J connectivity index is 2.04. The molecule has 1 aliphatic heterocycles. The third kappa shape index (κ3) is 5.88. The zero-order valence-corrected chi connectivity index (χ0v) is 25.5. The van der Waals surface area contributed by atoms with Crippen LogP contribution >= 0.6 is 0 Å². The van der Waals surface area contributed by atoms with E-state index in [1.807, 2.05) is 36.4 Å². The quantitative estimate of drug-likeness (QED) is 0.350. The van der Waals surface area contributed by atoms with Crippen molar-refractivity contribution in [3.63, 3.8) is 0 Å². The molecule has 0 saturated carbocycles. The Morgan fingerprint density at radius 1 is 0.861 bits per heavy atom. The molecule has 36 heavy (non-hydrogen) atoms. The number of aliphatic hydroxyl groups excluding tert-OH is 1. The summed E-state index contributed by atoms with van der Waals surface area (Å²) in [4.78, 5) is 0. The Labute approximate surface area is 220 Å². The van der Waals surface area contributed by atoms with Crippen LogP contribution in [-0.4, -0.2) is 64.0 Å². The molecule has 5 nitrogen and oxygen atoms in total. The van der Waals surface area contributed by atoms with E-state index in [0.717, 1.165) is 10.4 Å². The molecule has 0 aliphatic carbocycles. The Hall–Kier alpha value is -1.33. The molecule has 0 aromatic heterocycles. The molecule has 200 valence electrons. The molecule has 7 heteroatoms. The molecule has 0 radical (unpaired) electrons. The van der Waals surface area contributed by atoms with E-state index in [0.29, 0.717) is 6.61 Å². The van der Waals surface area contributed by atoms with Crippen LogP contribution in [0.5, 0.6) is 0 Å². The molecular weight excluding hydrogens is 484 g/mol. The molecule has 1 saturated heterocycles. The van der Waals surface area contributed by atoms with Crippen LogP contribution < -0.4 is 10.4 Å². The summed E-state index contributed by atoms with van der Waals surface area (Å²) in [5.41, 5.74) is -1.57. The van der Waals surface area contributed by atoms with Crippen LogP contribution in [0.3, 0.4) is 0 Å². The number of hydrogen-bond donors (Lipinski definition) is 2. The van der Waals surface area contributed by atoms with Crippen LogP contribution in [0.25, 0.3) is 0 Å². The van der Waals surface area contributed by atoms with E-state index in [-0.39, 0.29) is 22.8 Å². The highest BCUT2D eigenvalue weighted by atomic mass is 28.4. The van der Waals surface area contributed by atoms with E-state index >= 15 is 0 Å². The summed E-state index contributed by atoms with van der Waals surface area (Å²) < 4.78 is 19.3. The van der Waals surface area contributed by atoms with Gasteiger partial charge in [0, 0.05) is 0 Å². The maximum atomic E-state index is 11.9. The standard InChI is InChI=1S/C29H46O5Si2/c1-27(2,3)35(8,9)33-21-25(30)29(7,31)26(24-20-32-24)34-36(28(4,5)6,22-16-12-10-13-17-22)23-18-14-11-15-19-23/h10-19,24-26,30-31H,20-21H2,1-9H3/t24-,25-,26+,29+/m1/s1. The van der Waals surface area contributed by atoms with E-state index in [9.17, 15) is 10.2 Å². The van der Waals surface area contributed by atoms with E-state index in [4.69, 9.17) is 13.6 Å². The molecule has 4 atom stereocenters. The van der Waals surface area contributed by atoms with Crippen molar-refractivity contribution in [3.8, 4) is 0 Å². The van der Waals surface area contributed by atoms with Crippen LogP contribution in [0.2, 0.25) is 23.2 Å². The summed E-state index contributed by atoms with van der Waals surface area (Å²) in [7, 11) is -5.07. The fraction of sp³-hybridized carbons (Fsp3) is 0.586. The minimum Gasteiger partial charge on any atom is -0.414 e. The highest BCUT2D eigenvalue weighted by Gasteiger charge is 2.58. The molecule has 3 rings (SSSR count). The number of rotatable bonds is 10. The summed E-state index contributed by atoms with van der Waals surface area (Å²) in [6.07, 6.45) is -2.13. The lowest BCUT2D eigenvalue weighted by Crippen LogP contribution is -2.71. The van der Waals surface area contributed by atoms with E-state index < -0.39 is 34.4 Å². The van der Waals surface area contributed by atoms with Gasteiger partial charge < -0.3 is 23.8 Å². The van der Waals surface area contributed by atoms with Crippen molar-refractivity contribution in [3.05, 3.63) is 60.7 Å². The number of aliphatic hydroxyl groups is 2. The van der Waals surface area contributed by atoms with Gasteiger partial charge in [0.2, 0.25) is 0 Å². The van der Waals surface area contributed by atoms with E-state index in [1.165, 1.54) is 0 Å². The van der Waals surface area contributed by atoms with Crippen molar-refractivity contribution < 1.29 is 23.8 Å². The lowest BCUT2D eigenvalue weighted by molar-refractivity contribution is -0.144. The van der Waals surface area contributed by atoms with Crippen LogP contribution in [-0.2, 0) is 13.6 Å². The third-order valence-electron chi connectivity index (χ3n) is 8.08. The Bertz CT molecular complexity index is 937. The summed E-state index contributed by atoms with van der Waals surface area (Å²) in [5, 5.41) is 25.2. The number of ether oxygens (including phenoxy) is 1. The molecule has 0 spiro atoms. The van der Waals surface area contributed by atoms with Gasteiger partial charge in [0.1, 0.15) is 23.9 Å². The summed E-state index contributed by atoms with van der Waals surface area (Å²) in [6.45, 7) is 19.6. The second-order valence-electron chi connectivity index (χ2n) is 12.9. The Morgan fingerprint density at radius 3 is 1.67 bits per heavy atom. The minimum atomic E-state index is -2.96. The van der Waals surface area contributed by atoms with Crippen molar-refractivity contribution in [2.75, 3.05) is 13.2 Å². The van der Waals surface area contributed by atoms with Gasteiger partial charge in [-0.3, -0.25) is 0 Å². The molecule has 2 aromatic rings. The molecule has 1 heterocycles. The average Bonchev–Trinajstić information content (AvgIpc) is 3.63. The predicted molar refractivity (Wildman–Crippen MR) is 152 cm³/mol. The second kappa shape index (κ2) is 10.4. The van der Waals surface area contributed by atoms with Gasteiger partial charge in [-0.15, -0.1) is 0 Å². The lowest BCUT2D eigenvalue weighted by Gasteiger charge is -2.48. The van der Waals surface area contributed by atoms with Gasteiger partial charge in [-0.2, -0.15) is 0 Å². The zero-order chi connectivity index (χ0) is 27.0. The Morgan fingerprint density at radius 2 is 1.31 bits per heavy atom. The smallest absolute Gasteiger partial charge is 0.261 e. The van der Waals surface area contributed by atoms with Gasteiger partial charge in [0.05, 0.1) is 13.2 Å². The predicted octanol–water partition coefficient (Wildman–Crippen LogP) is 4.46. The van der Waals surface area contributed by atoms with E-state index in [1.54, 1.807) is 6.92 Å². The minimum absolute atomic E-state index is 0.00298. The van der Waals surface area contributed by atoms with Crippen molar-refractivity contribution in [1.29, 1.82) is 0 Å². The van der Waals surface area contributed by atoms with Crippen LogP contribution in [0.1, 0.15) is 48.5 Å². The molecule has 0 amide bonds. The number of hydrogen-bond acceptors (Lipinski definition) is 5. The van der Waals surface area contributed by atoms with Gasteiger partial charge >= 0.3 is 0 Å². The van der Waals surface area contributed by atoms with Gasteiger partial charge in [0.15, 0.2) is 8.32 Å². The van der Waals surface area contributed by atoms with Gasteiger partial charge in [-0.1, -0.05) is 102 Å². The monoisotopic (exact) mass is 530 g/mol. The van der Waals surface area contributed by atoms with Crippen LogP contribution in [0.15, 0.2) is 60.7 Å². The van der Waals surface area contributed by atoms with Gasteiger partial charge in [0.25, 0.3) is 8.32 Å². The van der Waals surface area contributed by atoms with Crippen LogP contribution in [0.4, 0.5) is 0 Å². The molecule has 2 N–H and O–H groups in total. The molecule has 2 aromatic carbocycles. The average molecular weight is 531 g/mol. The third-order valence-corrected chi connectivity index (χ3v) is 17.6. The summed E-state index contributed by atoms with van der Waals surface area (Å²) in [5.74, 6) is 0. The first-order valence-electron chi connectivity index (χ1n) is 13.0. The van der Waals surface area contributed by atoms with Crippen molar-refractivity contribution in [2.24, 2.45) is 0 Å². The normalized spacial score (nSPS) is 20.5. The van der Waals surface area contributed by atoms with Gasteiger partial charge in [-0.05, 0) is 40.5 Å². The largest absolute Gasteiger partial charge is 0.414 e. The maximum absolute atomic E-state index is 11.9. The zero-order valence-electron chi connectivity index (χ0n) is 23.5. The Kier molecular flexibility index (Phi) is 8.48. The first-order valence-corrected chi connectivity index (χ1v) is 17.8. The molecular formula is C29H46O5Si2. The van der Waals surface area contributed by atoms with Crippen molar-refractivity contribution in [2.45, 2.75) is 95.5 Å². The van der Waals surface area contributed by atoms with Crippen LogP contribution in [0, 0.1) is 0 Å². The highest BCUT2D eigenvalue weighted by Crippen LogP contribution is 2.42. The molecule has 1 fully saturated rings. The number of benzene rings is 2. The highest BCUT2D eigenvalue weighted by molar-refractivity contribution is 6.99. The summed E-state index contributed by atoms with van der Waals surface area (Å²) in [6, 6.07) is 20.7. The first kappa shape index (κ1) is 29.2. The SMILES string of the molecule is CC(C)(C)[Si](C)(C)OC[C@@H](O)[C@](C)(O)[C@@H](O[Si](c1ccccc1)(c1ccccc1)C(C)(C)C)[C@H]1CO1. The van der Waals surface area contributed by atoms with E-state index in [2.05, 4.69) is 78.9 Å². The lowest BCUT2D eigenvalue weighted by atomic mass is 9.91. The summed E-state index contributed by atoms with van der Waals surface area (Å²) >= 11 is 0. The van der Waals surface area contributed by atoms with Gasteiger partial charge in [-0.25, -0.2) is 0 Å². The fourth-order valence-electron chi connectivity index (χ4n) is 4.55. The fourth-order valence-corrected chi connectivity index (χ4v) is 10.3. The number of epoxide rings is 1. The topological polar surface area (TPSA) is 71.5 Å². The van der Waals surface area contributed by atoms with Crippen molar-refractivity contribution in [1.82, 2.24) is 0 Å². The first-order chi connectivity index (χ1) is 16.5. The molecule has 1 aliphatic rings.